The van der Waals surface area contributed by atoms with Crippen LogP contribution in [0.1, 0.15) is 12.5 Å². The molecule has 2 aromatic rings. The summed E-state index contributed by atoms with van der Waals surface area (Å²) in [5.41, 5.74) is 4.00. The quantitative estimate of drug-likeness (QED) is 0.601. The lowest BCUT2D eigenvalue weighted by Gasteiger charge is -2.07. The molecule has 124 valence electrons. The number of carbonyl (C=O) groups excluding carboxylic acids is 2. The Hall–Kier alpha value is -3.15. The van der Waals surface area contributed by atoms with Crippen LogP contribution in [0.2, 0.25) is 0 Å². The lowest BCUT2D eigenvalue weighted by Crippen LogP contribution is -2.37. The Morgan fingerprint density at radius 1 is 0.958 bits per heavy atom. The minimum atomic E-state index is -0.404. The van der Waals surface area contributed by atoms with Crippen molar-refractivity contribution in [2.24, 2.45) is 5.10 Å². The first-order valence-electron chi connectivity index (χ1n) is 7.48. The van der Waals surface area contributed by atoms with Gasteiger partial charge in [0.2, 0.25) is 0 Å². The fourth-order valence-electron chi connectivity index (χ4n) is 1.83. The van der Waals surface area contributed by atoms with Gasteiger partial charge < -0.3 is 10.1 Å². The predicted molar refractivity (Wildman–Crippen MR) is 91.7 cm³/mol. The van der Waals surface area contributed by atoms with E-state index in [-0.39, 0.29) is 19.1 Å². The summed E-state index contributed by atoms with van der Waals surface area (Å²) < 4.78 is 5.28. The Bertz CT molecular complexity index is 700. The maximum atomic E-state index is 11.7. The van der Waals surface area contributed by atoms with E-state index in [0.717, 1.165) is 5.56 Å². The molecular formula is C18H19N3O3. The number of hydrazone groups is 1. The standard InChI is InChI=1S/C18H19N3O3/c1-14(15-8-4-2-5-9-15)20-21-17(22)12-19-18(23)13-24-16-10-6-3-7-11-16/h2-11H,12-13H2,1H3,(H,19,23)(H,21,22). The Morgan fingerprint density at radius 3 is 2.25 bits per heavy atom. The second kappa shape index (κ2) is 9.09. The van der Waals surface area contributed by atoms with E-state index in [9.17, 15) is 9.59 Å². The predicted octanol–water partition coefficient (Wildman–Crippen LogP) is 1.72. The van der Waals surface area contributed by atoms with Gasteiger partial charge in [0.15, 0.2) is 6.61 Å². The first-order chi connectivity index (χ1) is 11.6. The van der Waals surface area contributed by atoms with Crippen molar-refractivity contribution in [3.63, 3.8) is 0 Å². The van der Waals surface area contributed by atoms with Crippen LogP contribution in [0.15, 0.2) is 65.8 Å². The molecule has 24 heavy (non-hydrogen) atoms. The normalized spacial score (nSPS) is 10.8. The zero-order valence-electron chi connectivity index (χ0n) is 13.4. The van der Waals surface area contributed by atoms with Crippen LogP contribution in [-0.4, -0.2) is 30.7 Å². The van der Waals surface area contributed by atoms with Crippen LogP contribution in [0, 0.1) is 0 Å². The minimum Gasteiger partial charge on any atom is -0.484 e. The zero-order valence-corrected chi connectivity index (χ0v) is 13.4. The molecule has 0 fully saturated rings. The van der Waals surface area contributed by atoms with E-state index in [4.69, 9.17) is 4.74 Å². The van der Waals surface area contributed by atoms with Gasteiger partial charge in [0, 0.05) is 0 Å². The van der Waals surface area contributed by atoms with E-state index in [1.807, 2.05) is 48.5 Å². The molecule has 0 saturated heterocycles. The number of carbonyl (C=O) groups is 2. The van der Waals surface area contributed by atoms with Gasteiger partial charge in [-0.2, -0.15) is 5.10 Å². The summed E-state index contributed by atoms with van der Waals surface area (Å²) in [7, 11) is 0. The molecule has 0 aliphatic carbocycles. The third kappa shape index (κ3) is 5.92. The Morgan fingerprint density at radius 2 is 1.58 bits per heavy atom. The molecule has 0 spiro atoms. The van der Waals surface area contributed by atoms with Gasteiger partial charge in [-0.05, 0) is 24.6 Å². The molecule has 2 rings (SSSR count). The average Bonchev–Trinajstić information content (AvgIpc) is 2.64. The summed E-state index contributed by atoms with van der Waals surface area (Å²) in [6, 6.07) is 18.5. The Labute approximate surface area is 140 Å². The van der Waals surface area contributed by atoms with E-state index < -0.39 is 5.91 Å². The molecule has 0 radical (unpaired) electrons. The molecule has 6 heteroatoms. The first-order valence-corrected chi connectivity index (χ1v) is 7.48. The van der Waals surface area contributed by atoms with Crippen LogP contribution in [-0.2, 0) is 9.59 Å². The molecular weight excluding hydrogens is 306 g/mol. The van der Waals surface area contributed by atoms with Gasteiger partial charge in [-0.1, -0.05) is 48.5 Å². The number of nitrogens with zero attached hydrogens (tertiary/aromatic N) is 1. The van der Waals surface area contributed by atoms with Crippen molar-refractivity contribution in [3.8, 4) is 5.75 Å². The van der Waals surface area contributed by atoms with Gasteiger partial charge in [0.05, 0.1) is 12.3 Å². The highest BCUT2D eigenvalue weighted by Crippen LogP contribution is 2.07. The molecule has 2 amide bonds. The average molecular weight is 325 g/mol. The van der Waals surface area contributed by atoms with Gasteiger partial charge >= 0.3 is 0 Å². The molecule has 0 saturated carbocycles. The lowest BCUT2D eigenvalue weighted by molar-refractivity contribution is -0.127. The summed E-state index contributed by atoms with van der Waals surface area (Å²) in [4.78, 5) is 23.3. The van der Waals surface area contributed by atoms with E-state index >= 15 is 0 Å². The molecule has 0 unspecified atom stereocenters. The smallest absolute Gasteiger partial charge is 0.259 e. The van der Waals surface area contributed by atoms with Gasteiger partial charge in [0.25, 0.3) is 11.8 Å². The van der Waals surface area contributed by atoms with Crippen molar-refractivity contribution in [1.29, 1.82) is 0 Å². The van der Waals surface area contributed by atoms with Crippen LogP contribution in [0.3, 0.4) is 0 Å². The van der Waals surface area contributed by atoms with E-state index in [2.05, 4.69) is 15.8 Å². The highest BCUT2D eigenvalue weighted by atomic mass is 16.5. The third-order valence-corrected chi connectivity index (χ3v) is 3.10. The number of nitrogens with one attached hydrogen (secondary N) is 2. The molecule has 2 N–H and O–H groups in total. The van der Waals surface area contributed by atoms with Crippen molar-refractivity contribution in [3.05, 3.63) is 66.2 Å². The van der Waals surface area contributed by atoms with E-state index in [1.165, 1.54) is 0 Å². The molecule has 0 atom stereocenters. The second-order valence-electron chi connectivity index (χ2n) is 4.98. The highest BCUT2D eigenvalue weighted by molar-refractivity contribution is 5.99. The lowest BCUT2D eigenvalue weighted by atomic mass is 10.1. The zero-order chi connectivity index (χ0) is 17.2. The highest BCUT2D eigenvalue weighted by Gasteiger charge is 2.06. The van der Waals surface area contributed by atoms with Crippen LogP contribution >= 0.6 is 0 Å². The van der Waals surface area contributed by atoms with Gasteiger partial charge in [-0.25, -0.2) is 5.43 Å². The Kier molecular flexibility index (Phi) is 6.52. The van der Waals surface area contributed by atoms with Crippen LogP contribution in [0.25, 0.3) is 0 Å². The van der Waals surface area contributed by atoms with Crippen molar-refractivity contribution in [1.82, 2.24) is 10.7 Å². The maximum absolute atomic E-state index is 11.7. The third-order valence-electron chi connectivity index (χ3n) is 3.10. The van der Waals surface area contributed by atoms with Gasteiger partial charge in [-0.3, -0.25) is 9.59 Å². The molecule has 6 nitrogen and oxygen atoms in total. The fraction of sp³-hybridized carbons (Fsp3) is 0.167. The topological polar surface area (TPSA) is 79.8 Å². The van der Waals surface area contributed by atoms with Crippen molar-refractivity contribution >= 4 is 17.5 Å². The summed E-state index contributed by atoms with van der Waals surface area (Å²) in [5, 5.41) is 6.47. The number of benzene rings is 2. The van der Waals surface area contributed by atoms with Crippen LogP contribution in [0.5, 0.6) is 5.75 Å². The summed E-state index contributed by atoms with van der Waals surface area (Å²) >= 11 is 0. The molecule has 0 heterocycles. The molecule has 0 aromatic heterocycles. The Balaban J connectivity index is 1.70. The number of hydrogen-bond donors (Lipinski definition) is 2. The number of amides is 2. The largest absolute Gasteiger partial charge is 0.484 e. The fourth-order valence-corrected chi connectivity index (χ4v) is 1.83. The number of hydrogen-bond acceptors (Lipinski definition) is 4. The first kappa shape index (κ1) is 17.2. The summed E-state index contributed by atoms with van der Waals surface area (Å²) in [5.74, 6) is -0.184. The summed E-state index contributed by atoms with van der Waals surface area (Å²) in [6.07, 6.45) is 0. The number of para-hydroxylation sites is 1. The maximum Gasteiger partial charge on any atom is 0.259 e. The summed E-state index contributed by atoms with van der Waals surface area (Å²) in [6.45, 7) is 1.48. The van der Waals surface area contributed by atoms with Crippen LogP contribution in [0.4, 0.5) is 0 Å². The van der Waals surface area contributed by atoms with Crippen molar-refractivity contribution < 1.29 is 14.3 Å². The molecule has 2 aromatic carbocycles. The monoisotopic (exact) mass is 325 g/mol. The molecule has 0 aliphatic heterocycles. The van der Waals surface area contributed by atoms with Crippen molar-refractivity contribution in [2.45, 2.75) is 6.92 Å². The number of rotatable bonds is 7. The van der Waals surface area contributed by atoms with Gasteiger partial charge in [-0.15, -0.1) is 0 Å². The van der Waals surface area contributed by atoms with Crippen molar-refractivity contribution in [2.75, 3.05) is 13.2 Å². The second-order valence-corrected chi connectivity index (χ2v) is 4.98. The van der Waals surface area contributed by atoms with E-state index in [1.54, 1.807) is 19.1 Å². The molecule has 0 bridgehead atoms. The van der Waals surface area contributed by atoms with Gasteiger partial charge in [0.1, 0.15) is 5.75 Å². The van der Waals surface area contributed by atoms with E-state index in [0.29, 0.717) is 11.5 Å². The van der Waals surface area contributed by atoms with Crippen LogP contribution < -0.4 is 15.5 Å². The SMILES string of the molecule is CC(=NNC(=O)CNC(=O)COc1ccccc1)c1ccccc1. The molecule has 0 aliphatic rings. The minimum absolute atomic E-state index is 0.149. The number of ether oxygens (including phenoxy) is 1.